The monoisotopic (exact) mass is 450 g/mol. The molecule has 3 rings (SSSR count). The van der Waals surface area contributed by atoms with Gasteiger partial charge in [-0.05, 0) is 49.4 Å². The molecule has 2 aromatic rings. The molecule has 0 aliphatic heterocycles. The Kier molecular flexibility index (Phi) is 7.15. The van der Waals surface area contributed by atoms with E-state index in [4.69, 9.17) is 9.47 Å². The Bertz CT molecular complexity index is 977. The summed E-state index contributed by atoms with van der Waals surface area (Å²) >= 11 is 0. The third-order valence-corrected chi connectivity index (χ3v) is 5.90. The van der Waals surface area contributed by atoms with E-state index in [1.54, 1.807) is 13.3 Å². The van der Waals surface area contributed by atoms with Gasteiger partial charge in [-0.1, -0.05) is 24.3 Å². The molecule has 1 aliphatic carbocycles. The smallest absolute Gasteiger partial charge is 0.423 e. The summed E-state index contributed by atoms with van der Waals surface area (Å²) in [6.07, 6.45) is -2.58. The zero-order chi connectivity index (χ0) is 23.5. The van der Waals surface area contributed by atoms with Crippen molar-refractivity contribution in [3.8, 4) is 5.75 Å². The molecular weight excluding hydrogens is 421 g/mol. The maximum atomic E-state index is 14.2. The number of benzene rings is 2. The molecule has 0 fully saturated rings. The summed E-state index contributed by atoms with van der Waals surface area (Å²) < 4.78 is 53.5. The fourth-order valence-corrected chi connectivity index (χ4v) is 3.78. The van der Waals surface area contributed by atoms with Gasteiger partial charge in [0.05, 0.1) is 31.8 Å². The van der Waals surface area contributed by atoms with Gasteiger partial charge in [0, 0.05) is 25.2 Å². The predicted molar refractivity (Wildman–Crippen MR) is 118 cm³/mol. The first-order valence-corrected chi connectivity index (χ1v) is 10.5. The first kappa shape index (κ1) is 24.1. The molecule has 8 heteroatoms. The van der Waals surface area contributed by atoms with Crippen molar-refractivity contribution in [3.63, 3.8) is 0 Å². The van der Waals surface area contributed by atoms with E-state index in [2.05, 4.69) is 4.99 Å². The lowest BCUT2D eigenvalue weighted by atomic mass is 9.91. The molecule has 32 heavy (non-hydrogen) atoms. The maximum absolute atomic E-state index is 14.2. The van der Waals surface area contributed by atoms with Gasteiger partial charge in [0.15, 0.2) is 0 Å². The van der Waals surface area contributed by atoms with Crippen LogP contribution in [0.25, 0.3) is 0 Å². The van der Waals surface area contributed by atoms with Crippen molar-refractivity contribution in [1.82, 2.24) is 4.90 Å². The lowest BCUT2D eigenvalue weighted by Gasteiger charge is -2.33. The van der Waals surface area contributed by atoms with Gasteiger partial charge in [-0.2, -0.15) is 13.2 Å². The third kappa shape index (κ3) is 4.76. The van der Waals surface area contributed by atoms with E-state index < -0.39 is 24.5 Å². The van der Waals surface area contributed by atoms with Crippen molar-refractivity contribution < 1.29 is 27.8 Å². The minimum Gasteiger partial charge on any atom is -0.496 e. The molecule has 0 saturated carbocycles. The number of aryl methyl sites for hydroxylation is 2. The molecule has 0 spiro atoms. The summed E-state index contributed by atoms with van der Waals surface area (Å²) in [6, 6.07) is 10.2. The van der Waals surface area contributed by atoms with E-state index in [0.717, 1.165) is 24.1 Å². The maximum Gasteiger partial charge on any atom is 0.423 e. The van der Waals surface area contributed by atoms with Crippen LogP contribution in [-0.2, 0) is 16.8 Å². The van der Waals surface area contributed by atoms with E-state index in [1.807, 2.05) is 43.1 Å². The van der Waals surface area contributed by atoms with Gasteiger partial charge in [0.2, 0.25) is 5.60 Å². The zero-order valence-corrected chi connectivity index (χ0v) is 18.7. The van der Waals surface area contributed by atoms with Crippen molar-refractivity contribution in [2.45, 2.75) is 44.6 Å². The van der Waals surface area contributed by atoms with Gasteiger partial charge >= 0.3 is 6.18 Å². The summed E-state index contributed by atoms with van der Waals surface area (Å²) in [5, 5.41) is 10.9. The van der Waals surface area contributed by atoms with Gasteiger partial charge in [-0.3, -0.25) is 0 Å². The fraction of sp³-hybridized carbons (Fsp3) is 0.458. The molecule has 0 saturated heterocycles. The highest BCUT2D eigenvalue weighted by Crippen LogP contribution is 2.46. The molecule has 0 heterocycles. The first-order valence-electron chi connectivity index (χ1n) is 10.5. The van der Waals surface area contributed by atoms with Crippen LogP contribution >= 0.6 is 0 Å². The van der Waals surface area contributed by atoms with E-state index in [1.165, 1.54) is 19.2 Å². The number of halogens is 3. The van der Waals surface area contributed by atoms with Crippen molar-refractivity contribution in [1.29, 1.82) is 0 Å². The molecule has 1 N–H and O–H groups in total. The Labute approximate surface area is 186 Å². The quantitative estimate of drug-likeness (QED) is 0.451. The Balaban J connectivity index is 1.94. The number of ether oxygens (including phenoxy) is 2. The molecule has 5 nitrogen and oxygen atoms in total. The van der Waals surface area contributed by atoms with Crippen LogP contribution in [-0.4, -0.2) is 49.8 Å². The molecule has 0 amide bonds. The van der Waals surface area contributed by atoms with Gasteiger partial charge in [-0.15, -0.1) is 0 Å². The van der Waals surface area contributed by atoms with Crippen molar-refractivity contribution in [2.24, 2.45) is 4.99 Å². The minimum atomic E-state index is -4.97. The third-order valence-electron chi connectivity index (χ3n) is 5.90. The van der Waals surface area contributed by atoms with E-state index in [-0.39, 0.29) is 11.3 Å². The Morgan fingerprint density at radius 2 is 1.97 bits per heavy atom. The fourth-order valence-electron chi connectivity index (χ4n) is 3.78. The second-order valence-corrected chi connectivity index (χ2v) is 8.05. The number of alkyl halides is 3. The highest BCUT2D eigenvalue weighted by molar-refractivity contribution is 5.65. The molecule has 1 aliphatic rings. The molecule has 0 radical (unpaired) electrons. The number of nitrogens with zero attached hydrogens (tertiary/aromatic N) is 2. The Morgan fingerprint density at radius 1 is 1.25 bits per heavy atom. The van der Waals surface area contributed by atoms with Gasteiger partial charge < -0.3 is 19.5 Å². The number of hydrogen-bond acceptors (Lipinski definition) is 4. The van der Waals surface area contributed by atoms with Crippen molar-refractivity contribution in [3.05, 3.63) is 58.7 Å². The predicted octanol–water partition coefficient (Wildman–Crippen LogP) is 5.07. The SMILES string of the molecule is CCN(C)C=Nc1cc(OC)c(C(O)(COC2CCc3ccccc32)C(F)(F)F)cc1C. The van der Waals surface area contributed by atoms with Crippen LogP contribution in [0, 0.1) is 6.92 Å². The molecular formula is C24H29F3N2O3. The average molecular weight is 451 g/mol. The summed E-state index contributed by atoms with van der Waals surface area (Å²) in [7, 11) is 3.11. The largest absolute Gasteiger partial charge is 0.496 e. The van der Waals surface area contributed by atoms with Crippen LogP contribution in [0.15, 0.2) is 41.4 Å². The summed E-state index contributed by atoms with van der Waals surface area (Å²) in [4.78, 5) is 6.16. The number of fused-ring (bicyclic) bond motifs is 1. The van der Waals surface area contributed by atoms with Crippen LogP contribution < -0.4 is 4.74 Å². The zero-order valence-electron chi connectivity index (χ0n) is 18.7. The molecule has 2 aromatic carbocycles. The second-order valence-electron chi connectivity index (χ2n) is 8.05. The highest BCUT2D eigenvalue weighted by Gasteiger charge is 2.57. The topological polar surface area (TPSA) is 54.3 Å². The van der Waals surface area contributed by atoms with Crippen LogP contribution in [0.2, 0.25) is 0 Å². The standard InChI is InChI=1S/C24H29F3N2O3/c1-5-29(3)15-28-20-13-22(31-4)19(12-16(20)2)23(30,24(25,26)27)14-32-21-11-10-17-8-6-7-9-18(17)21/h6-9,12-13,15,21,30H,5,10-11,14H2,1-4H3. The second kappa shape index (κ2) is 9.50. The van der Waals surface area contributed by atoms with Crippen LogP contribution in [0.1, 0.15) is 41.7 Å². The molecule has 2 unspecified atom stereocenters. The average Bonchev–Trinajstić information content (AvgIpc) is 3.18. The number of aliphatic hydroxyl groups is 1. The molecule has 174 valence electrons. The van der Waals surface area contributed by atoms with Crippen LogP contribution in [0.4, 0.5) is 18.9 Å². The number of methoxy groups -OCH3 is 1. The van der Waals surface area contributed by atoms with Crippen LogP contribution in [0.5, 0.6) is 5.75 Å². The van der Waals surface area contributed by atoms with E-state index in [0.29, 0.717) is 17.7 Å². The van der Waals surface area contributed by atoms with Gasteiger partial charge in [-0.25, -0.2) is 4.99 Å². The molecule has 0 bridgehead atoms. The molecule has 2 atom stereocenters. The van der Waals surface area contributed by atoms with Crippen molar-refractivity contribution in [2.75, 3.05) is 27.3 Å². The van der Waals surface area contributed by atoms with Crippen LogP contribution in [0.3, 0.4) is 0 Å². The van der Waals surface area contributed by atoms with Gasteiger partial charge in [0.1, 0.15) is 5.75 Å². The van der Waals surface area contributed by atoms with Crippen molar-refractivity contribution >= 4 is 12.0 Å². The lowest BCUT2D eigenvalue weighted by Crippen LogP contribution is -2.46. The Morgan fingerprint density at radius 3 is 2.62 bits per heavy atom. The minimum absolute atomic E-state index is 0.0999. The number of aliphatic imine (C=N–C) groups is 1. The van der Waals surface area contributed by atoms with Gasteiger partial charge in [0.25, 0.3) is 0 Å². The number of hydrogen-bond donors (Lipinski definition) is 1. The molecule has 0 aromatic heterocycles. The van der Waals surface area contributed by atoms with E-state index >= 15 is 0 Å². The first-order chi connectivity index (χ1) is 15.1. The lowest BCUT2D eigenvalue weighted by molar-refractivity contribution is -0.286. The summed E-state index contributed by atoms with van der Waals surface area (Å²) in [5.41, 5.74) is -0.760. The highest BCUT2D eigenvalue weighted by atomic mass is 19.4. The Hall–Kier alpha value is -2.58. The summed E-state index contributed by atoms with van der Waals surface area (Å²) in [6.45, 7) is 3.39. The summed E-state index contributed by atoms with van der Waals surface area (Å²) in [5.74, 6) is -0.0999. The van der Waals surface area contributed by atoms with E-state index in [9.17, 15) is 18.3 Å². The normalized spacial score (nSPS) is 17.9. The number of rotatable bonds is 8.